The number of amidine groups is 1. The van der Waals surface area contributed by atoms with E-state index in [1.54, 1.807) is 29.9 Å². The Bertz CT molecular complexity index is 497. The Balaban J connectivity index is 2.55. The molecule has 2 rings (SSSR count). The molecule has 0 saturated carbocycles. The van der Waals surface area contributed by atoms with E-state index in [9.17, 15) is 0 Å². The molecule has 0 aliphatic heterocycles. The Morgan fingerprint density at radius 1 is 1.60 bits per heavy atom. The fourth-order valence-corrected chi connectivity index (χ4v) is 1.24. The van der Waals surface area contributed by atoms with Gasteiger partial charge in [0, 0.05) is 13.2 Å². The summed E-state index contributed by atoms with van der Waals surface area (Å²) >= 11 is 0. The van der Waals surface area contributed by atoms with Crippen molar-refractivity contribution in [3.05, 3.63) is 24.0 Å². The lowest BCUT2D eigenvalue weighted by atomic mass is 10.4. The van der Waals surface area contributed by atoms with Crippen LogP contribution < -0.4 is 5.73 Å². The van der Waals surface area contributed by atoms with Crippen molar-refractivity contribution in [2.24, 2.45) is 17.9 Å². The number of aryl methyl sites for hydroxylation is 1. The van der Waals surface area contributed by atoms with Crippen molar-refractivity contribution in [3.63, 3.8) is 0 Å². The predicted octanol–water partition coefficient (Wildman–Crippen LogP) is -0.905. The second-order valence-electron chi connectivity index (χ2n) is 2.85. The molecule has 78 valence electrons. The summed E-state index contributed by atoms with van der Waals surface area (Å²) in [5, 5.41) is 22.5. The second kappa shape index (κ2) is 3.40. The molecule has 0 radical (unpaired) electrons. The van der Waals surface area contributed by atoms with Crippen LogP contribution in [0.1, 0.15) is 5.69 Å². The zero-order valence-corrected chi connectivity index (χ0v) is 7.94. The molecule has 0 atom stereocenters. The Labute approximate surface area is 84.6 Å². The van der Waals surface area contributed by atoms with Gasteiger partial charge in [-0.1, -0.05) is 10.3 Å². The quantitative estimate of drug-likeness (QED) is 0.287. The van der Waals surface area contributed by atoms with Crippen molar-refractivity contribution in [2.45, 2.75) is 0 Å². The Morgan fingerprint density at radius 3 is 3.00 bits per heavy atom. The summed E-state index contributed by atoms with van der Waals surface area (Å²) in [4.78, 5) is 0. The highest BCUT2D eigenvalue weighted by atomic mass is 16.4. The molecule has 0 unspecified atom stereocenters. The number of aromatic nitrogens is 5. The monoisotopic (exact) mass is 207 g/mol. The zero-order valence-electron chi connectivity index (χ0n) is 7.94. The minimum atomic E-state index is 0.00278. The van der Waals surface area contributed by atoms with Crippen LogP contribution in [0.3, 0.4) is 0 Å². The molecular weight excluding hydrogens is 198 g/mol. The molecule has 0 aromatic carbocycles. The van der Waals surface area contributed by atoms with Crippen LogP contribution in [-0.4, -0.2) is 35.8 Å². The third kappa shape index (κ3) is 1.41. The van der Waals surface area contributed by atoms with Gasteiger partial charge in [-0.15, -0.1) is 0 Å². The van der Waals surface area contributed by atoms with Crippen LogP contribution in [0, 0.1) is 0 Å². The highest BCUT2D eigenvalue weighted by Gasteiger charge is 2.11. The topological polar surface area (TPSA) is 107 Å². The molecular formula is C7H9N7O. The van der Waals surface area contributed by atoms with E-state index in [0.29, 0.717) is 11.6 Å². The van der Waals surface area contributed by atoms with Crippen LogP contribution in [0.2, 0.25) is 0 Å². The molecule has 3 N–H and O–H groups in total. The van der Waals surface area contributed by atoms with E-state index in [0.717, 1.165) is 0 Å². The maximum absolute atomic E-state index is 8.59. The van der Waals surface area contributed by atoms with E-state index in [4.69, 9.17) is 10.9 Å². The summed E-state index contributed by atoms with van der Waals surface area (Å²) in [6, 6.07) is 3.45. The lowest BCUT2D eigenvalue weighted by molar-refractivity contribution is 0.318. The molecule has 0 bridgehead atoms. The van der Waals surface area contributed by atoms with E-state index in [1.165, 1.54) is 4.68 Å². The number of tetrazole rings is 1. The van der Waals surface area contributed by atoms with Gasteiger partial charge in [-0.05, 0) is 22.6 Å². The minimum absolute atomic E-state index is 0.00278. The number of nitrogens with zero attached hydrogens (tertiary/aromatic N) is 6. The normalized spacial score (nSPS) is 11.9. The SMILES string of the molecule is Cn1nnnc1-n1cccc1/C(N)=N/O. The van der Waals surface area contributed by atoms with Crippen LogP contribution in [-0.2, 0) is 7.05 Å². The third-order valence-electron chi connectivity index (χ3n) is 1.93. The first kappa shape index (κ1) is 9.19. The molecule has 0 aliphatic carbocycles. The Morgan fingerprint density at radius 2 is 2.40 bits per heavy atom. The number of rotatable bonds is 2. The molecule has 0 saturated heterocycles. The Hall–Kier alpha value is -2.38. The molecule has 2 aromatic heterocycles. The van der Waals surface area contributed by atoms with Crippen molar-refractivity contribution in [1.29, 1.82) is 0 Å². The number of nitrogens with two attached hydrogens (primary N) is 1. The first-order valence-corrected chi connectivity index (χ1v) is 4.12. The lowest BCUT2D eigenvalue weighted by Gasteiger charge is -2.04. The van der Waals surface area contributed by atoms with Gasteiger partial charge in [0.25, 0.3) is 5.95 Å². The molecule has 2 aromatic rings. The van der Waals surface area contributed by atoms with Crippen LogP contribution in [0.4, 0.5) is 0 Å². The van der Waals surface area contributed by atoms with E-state index < -0.39 is 0 Å². The van der Waals surface area contributed by atoms with Gasteiger partial charge in [0.15, 0.2) is 5.84 Å². The summed E-state index contributed by atoms with van der Waals surface area (Å²) < 4.78 is 3.10. The maximum Gasteiger partial charge on any atom is 0.254 e. The van der Waals surface area contributed by atoms with Crippen molar-refractivity contribution in [1.82, 2.24) is 24.8 Å². The molecule has 0 fully saturated rings. The minimum Gasteiger partial charge on any atom is -0.409 e. The standard InChI is InChI=1S/C7H9N7O/c1-13-7(9-11-12-13)14-4-2-3-5(14)6(8)10-15/h2-4,15H,1H3,(H2,8,10). The molecule has 0 spiro atoms. The van der Waals surface area contributed by atoms with Crippen molar-refractivity contribution in [2.75, 3.05) is 0 Å². The lowest BCUT2D eigenvalue weighted by Crippen LogP contribution is -2.19. The number of hydrogen-bond acceptors (Lipinski definition) is 5. The maximum atomic E-state index is 8.59. The largest absolute Gasteiger partial charge is 0.409 e. The average Bonchev–Trinajstić information content (AvgIpc) is 2.84. The van der Waals surface area contributed by atoms with E-state index in [-0.39, 0.29) is 5.84 Å². The van der Waals surface area contributed by atoms with Crippen molar-refractivity contribution in [3.8, 4) is 5.95 Å². The molecule has 0 aliphatic rings. The smallest absolute Gasteiger partial charge is 0.254 e. The fourth-order valence-electron chi connectivity index (χ4n) is 1.24. The number of oxime groups is 1. The van der Waals surface area contributed by atoms with Gasteiger partial charge in [-0.2, -0.15) is 0 Å². The fraction of sp³-hybridized carbons (Fsp3) is 0.143. The third-order valence-corrected chi connectivity index (χ3v) is 1.93. The van der Waals surface area contributed by atoms with Gasteiger partial charge < -0.3 is 10.9 Å². The molecule has 2 heterocycles. The van der Waals surface area contributed by atoms with Crippen LogP contribution >= 0.6 is 0 Å². The number of hydrogen-bond donors (Lipinski definition) is 2. The summed E-state index contributed by atoms with van der Waals surface area (Å²) in [6.07, 6.45) is 1.72. The van der Waals surface area contributed by atoms with Gasteiger partial charge in [0.05, 0.1) is 5.69 Å². The summed E-state index contributed by atoms with van der Waals surface area (Å²) in [5.74, 6) is 0.490. The van der Waals surface area contributed by atoms with Gasteiger partial charge in [-0.25, -0.2) is 4.68 Å². The summed E-state index contributed by atoms with van der Waals surface area (Å²) in [5.41, 5.74) is 6.02. The Kier molecular flexibility index (Phi) is 2.08. The molecule has 8 nitrogen and oxygen atoms in total. The van der Waals surface area contributed by atoms with E-state index in [2.05, 4.69) is 20.7 Å². The highest BCUT2D eigenvalue weighted by molar-refractivity contribution is 5.96. The summed E-state index contributed by atoms with van der Waals surface area (Å²) in [6.45, 7) is 0. The van der Waals surface area contributed by atoms with Crippen molar-refractivity contribution < 1.29 is 5.21 Å². The van der Waals surface area contributed by atoms with Gasteiger partial charge >= 0.3 is 0 Å². The van der Waals surface area contributed by atoms with Crippen LogP contribution in [0.5, 0.6) is 0 Å². The van der Waals surface area contributed by atoms with Crippen molar-refractivity contribution >= 4 is 5.84 Å². The predicted molar refractivity (Wildman–Crippen MR) is 50.6 cm³/mol. The van der Waals surface area contributed by atoms with E-state index >= 15 is 0 Å². The molecule has 0 amide bonds. The average molecular weight is 207 g/mol. The second-order valence-corrected chi connectivity index (χ2v) is 2.85. The summed E-state index contributed by atoms with van der Waals surface area (Å²) in [7, 11) is 1.70. The van der Waals surface area contributed by atoms with Gasteiger partial charge in [-0.3, -0.25) is 4.57 Å². The van der Waals surface area contributed by atoms with Gasteiger partial charge in [0.2, 0.25) is 0 Å². The highest BCUT2D eigenvalue weighted by Crippen LogP contribution is 2.07. The van der Waals surface area contributed by atoms with Crippen LogP contribution in [0.15, 0.2) is 23.5 Å². The zero-order chi connectivity index (χ0) is 10.8. The molecule has 8 heteroatoms. The first-order valence-electron chi connectivity index (χ1n) is 4.12. The van der Waals surface area contributed by atoms with E-state index in [1.807, 2.05) is 0 Å². The van der Waals surface area contributed by atoms with Gasteiger partial charge in [0.1, 0.15) is 0 Å². The van der Waals surface area contributed by atoms with Crippen LogP contribution in [0.25, 0.3) is 5.95 Å². The molecule has 15 heavy (non-hydrogen) atoms. The first-order chi connectivity index (χ1) is 7.24.